The molecule has 25 heavy (non-hydrogen) atoms. The number of benzene rings is 2. The van der Waals surface area contributed by atoms with Crippen LogP contribution in [0.5, 0.6) is 5.75 Å². The molecule has 0 heterocycles. The van der Waals surface area contributed by atoms with Crippen LogP contribution in [0.25, 0.3) is 0 Å². The summed E-state index contributed by atoms with van der Waals surface area (Å²) in [4.78, 5) is 11.9. The predicted octanol–water partition coefficient (Wildman–Crippen LogP) is 4.20. The number of allylic oxidation sites excluding steroid dienone is 4. The summed E-state index contributed by atoms with van der Waals surface area (Å²) in [5.74, 6) is 1.55. The minimum atomic E-state index is 0.109. The molecule has 0 aliphatic heterocycles. The molecule has 0 saturated carbocycles. The number of methoxy groups -OCH3 is 1. The third-order valence-electron chi connectivity index (χ3n) is 4.41. The van der Waals surface area contributed by atoms with Gasteiger partial charge >= 0.3 is 0 Å². The summed E-state index contributed by atoms with van der Waals surface area (Å²) in [7, 11) is 2.11. The molecule has 0 N–H and O–H groups in total. The Hall–Kier alpha value is -2.18. The van der Waals surface area contributed by atoms with Crippen molar-refractivity contribution in [3.8, 4) is 5.75 Å². The fourth-order valence-electron chi connectivity index (χ4n) is 3.11. The van der Waals surface area contributed by atoms with E-state index in [1.165, 1.54) is 5.56 Å². The van der Waals surface area contributed by atoms with Crippen molar-refractivity contribution in [2.75, 3.05) is 7.11 Å². The van der Waals surface area contributed by atoms with Gasteiger partial charge in [-0.2, -0.15) is 0 Å². The van der Waals surface area contributed by atoms with Crippen LogP contribution in [-0.4, -0.2) is 12.9 Å². The number of Topliss-reactive ketones (excluding diaryl/α,β-unsaturated/α-hetero) is 1. The molecule has 0 aromatic heterocycles. The maximum absolute atomic E-state index is 11.9. The standard InChI is InChI=1S/C22H23O2P/c1-16(23)19-10-6-7-11-21(19)25-22-15-18(12-13-20(22)24-2)14-17-8-4-3-5-9-17/h3-8,10-13,15,17,25H,9,14H2,1-2H3. The van der Waals surface area contributed by atoms with Crippen LogP contribution >= 0.6 is 8.58 Å². The van der Waals surface area contributed by atoms with Crippen molar-refractivity contribution in [1.82, 2.24) is 0 Å². The Kier molecular flexibility index (Phi) is 5.83. The maximum Gasteiger partial charge on any atom is 0.160 e. The second kappa shape index (κ2) is 8.27. The van der Waals surface area contributed by atoms with Crippen molar-refractivity contribution in [1.29, 1.82) is 0 Å². The number of rotatable bonds is 6. The lowest BCUT2D eigenvalue weighted by Gasteiger charge is -2.16. The van der Waals surface area contributed by atoms with Gasteiger partial charge < -0.3 is 4.74 Å². The van der Waals surface area contributed by atoms with Gasteiger partial charge in [0.25, 0.3) is 0 Å². The van der Waals surface area contributed by atoms with Crippen LogP contribution in [0.2, 0.25) is 0 Å². The average Bonchev–Trinajstić information content (AvgIpc) is 2.63. The summed E-state index contributed by atoms with van der Waals surface area (Å²) in [6.45, 7) is 1.62. The minimum absolute atomic E-state index is 0.109. The smallest absolute Gasteiger partial charge is 0.160 e. The van der Waals surface area contributed by atoms with Gasteiger partial charge in [0.2, 0.25) is 0 Å². The molecule has 0 fully saturated rings. The first-order chi connectivity index (χ1) is 12.2. The minimum Gasteiger partial charge on any atom is -0.496 e. The second-order valence-corrected chi connectivity index (χ2v) is 7.60. The molecule has 1 aliphatic carbocycles. The molecule has 2 aromatic rings. The number of carbonyl (C=O) groups is 1. The topological polar surface area (TPSA) is 26.3 Å². The SMILES string of the molecule is COc1ccc(CC2C=CC=CC2)cc1Pc1ccccc1C(C)=O. The van der Waals surface area contributed by atoms with E-state index >= 15 is 0 Å². The molecule has 3 heteroatoms. The van der Waals surface area contributed by atoms with Gasteiger partial charge in [-0.3, -0.25) is 4.79 Å². The highest BCUT2D eigenvalue weighted by molar-refractivity contribution is 7.56. The van der Waals surface area contributed by atoms with Gasteiger partial charge in [0, 0.05) is 10.9 Å². The van der Waals surface area contributed by atoms with Gasteiger partial charge in [0.1, 0.15) is 5.75 Å². The van der Waals surface area contributed by atoms with Crippen LogP contribution < -0.4 is 15.3 Å². The second-order valence-electron chi connectivity index (χ2n) is 6.27. The molecule has 0 amide bonds. The number of hydrogen-bond acceptors (Lipinski definition) is 2. The zero-order chi connectivity index (χ0) is 17.6. The molecule has 0 bridgehead atoms. The lowest BCUT2D eigenvalue weighted by molar-refractivity contribution is 0.101. The molecule has 0 radical (unpaired) electrons. The van der Waals surface area contributed by atoms with E-state index in [2.05, 4.69) is 42.5 Å². The van der Waals surface area contributed by atoms with E-state index in [9.17, 15) is 4.79 Å². The highest BCUT2D eigenvalue weighted by Crippen LogP contribution is 2.24. The van der Waals surface area contributed by atoms with Crippen molar-refractivity contribution < 1.29 is 9.53 Å². The van der Waals surface area contributed by atoms with Gasteiger partial charge in [-0.15, -0.1) is 0 Å². The van der Waals surface area contributed by atoms with Gasteiger partial charge in [-0.25, -0.2) is 0 Å². The van der Waals surface area contributed by atoms with Crippen LogP contribution in [0.15, 0.2) is 66.8 Å². The van der Waals surface area contributed by atoms with Crippen LogP contribution in [0.1, 0.15) is 29.3 Å². The molecule has 1 aliphatic rings. The summed E-state index contributed by atoms with van der Waals surface area (Å²) in [5, 5.41) is 2.23. The number of carbonyl (C=O) groups excluding carboxylic acids is 1. The number of ketones is 1. The van der Waals surface area contributed by atoms with E-state index in [0.29, 0.717) is 14.5 Å². The molecule has 2 unspecified atom stereocenters. The quantitative estimate of drug-likeness (QED) is 0.576. The predicted molar refractivity (Wildman–Crippen MR) is 107 cm³/mol. The van der Waals surface area contributed by atoms with Crippen molar-refractivity contribution in [3.63, 3.8) is 0 Å². The molecule has 2 atom stereocenters. The van der Waals surface area contributed by atoms with Crippen LogP contribution in [0.3, 0.4) is 0 Å². The van der Waals surface area contributed by atoms with Gasteiger partial charge in [0.15, 0.2) is 5.78 Å². The normalized spacial score (nSPS) is 16.5. The van der Waals surface area contributed by atoms with Gasteiger partial charge in [-0.1, -0.05) is 63.2 Å². The zero-order valence-electron chi connectivity index (χ0n) is 14.7. The van der Waals surface area contributed by atoms with E-state index in [0.717, 1.165) is 34.8 Å². The van der Waals surface area contributed by atoms with Crippen LogP contribution in [0, 0.1) is 5.92 Å². The lowest BCUT2D eigenvalue weighted by atomic mass is 9.93. The van der Waals surface area contributed by atoms with Gasteiger partial charge in [0.05, 0.1) is 7.11 Å². The highest BCUT2D eigenvalue weighted by Gasteiger charge is 2.13. The lowest BCUT2D eigenvalue weighted by Crippen LogP contribution is -2.14. The number of hydrogen-bond donors (Lipinski definition) is 0. The first-order valence-corrected chi connectivity index (χ1v) is 9.54. The highest BCUT2D eigenvalue weighted by atomic mass is 31.1. The third-order valence-corrected chi connectivity index (χ3v) is 5.77. The first kappa shape index (κ1) is 17.6. The van der Waals surface area contributed by atoms with Gasteiger partial charge in [-0.05, 0) is 48.7 Å². The Bertz CT molecular complexity index is 821. The van der Waals surface area contributed by atoms with Crippen molar-refractivity contribution in [3.05, 3.63) is 77.9 Å². The van der Waals surface area contributed by atoms with Crippen molar-refractivity contribution in [2.24, 2.45) is 5.92 Å². The monoisotopic (exact) mass is 350 g/mol. The summed E-state index contributed by atoms with van der Waals surface area (Å²) in [6.07, 6.45) is 10.8. The molecule has 3 rings (SSSR count). The molecule has 2 nitrogen and oxygen atoms in total. The van der Waals surface area contributed by atoms with E-state index in [-0.39, 0.29) is 5.78 Å². The largest absolute Gasteiger partial charge is 0.496 e. The van der Waals surface area contributed by atoms with E-state index < -0.39 is 0 Å². The molecular weight excluding hydrogens is 327 g/mol. The van der Waals surface area contributed by atoms with E-state index in [1.54, 1.807) is 14.0 Å². The summed E-state index contributed by atoms with van der Waals surface area (Å²) in [5.41, 5.74) is 2.11. The summed E-state index contributed by atoms with van der Waals surface area (Å²) < 4.78 is 5.56. The van der Waals surface area contributed by atoms with Crippen molar-refractivity contribution in [2.45, 2.75) is 19.8 Å². The Labute approximate surface area is 151 Å². The third kappa shape index (κ3) is 4.46. The first-order valence-electron chi connectivity index (χ1n) is 8.54. The molecule has 128 valence electrons. The number of ether oxygens (including phenoxy) is 1. The summed E-state index contributed by atoms with van der Waals surface area (Å²) in [6, 6.07) is 14.3. The fraction of sp³-hybridized carbons (Fsp3) is 0.227. The molecular formula is C22H23O2P. The Balaban J connectivity index is 1.87. The van der Waals surface area contributed by atoms with Crippen LogP contribution in [-0.2, 0) is 6.42 Å². The Morgan fingerprint density at radius 3 is 2.72 bits per heavy atom. The Morgan fingerprint density at radius 2 is 2.00 bits per heavy atom. The van der Waals surface area contributed by atoms with E-state index in [4.69, 9.17) is 4.74 Å². The fourth-order valence-corrected chi connectivity index (χ4v) is 4.54. The maximum atomic E-state index is 11.9. The average molecular weight is 350 g/mol. The molecule has 2 aromatic carbocycles. The molecule has 0 spiro atoms. The molecule has 0 saturated heterocycles. The summed E-state index contributed by atoms with van der Waals surface area (Å²) >= 11 is 0. The van der Waals surface area contributed by atoms with Crippen LogP contribution in [0.4, 0.5) is 0 Å². The van der Waals surface area contributed by atoms with Crippen molar-refractivity contribution >= 4 is 25.0 Å². The van der Waals surface area contributed by atoms with E-state index in [1.807, 2.05) is 24.3 Å². The Morgan fingerprint density at radius 1 is 1.16 bits per heavy atom. The zero-order valence-corrected chi connectivity index (χ0v) is 15.7.